The number of esters is 1. The minimum Gasteiger partial charge on any atom is -0.465 e. The molecule has 1 atom stereocenters. The van der Waals surface area contributed by atoms with Crippen molar-refractivity contribution in [3.63, 3.8) is 0 Å². The highest BCUT2D eigenvalue weighted by molar-refractivity contribution is 7.99. The number of carbonyl (C=O) groups excluding carboxylic acids is 2. The number of hydrogen-bond donors (Lipinski definition) is 0. The molecule has 1 aromatic carbocycles. The van der Waals surface area contributed by atoms with Gasteiger partial charge in [0.1, 0.15) is 5.01 Å². The van der Waals surface area contributed by atoms with Gasteiger partial charge in [0.2, 0.25) is 5.89 Å². The molecule has 0 unspecified atom stereocenters. The lowest BCUT2D eigenvalue weighted by atomic mass is 10.1. The van der Waals surface area contributed by atoms with E-state index in [1.807, 2.05) is 0 Å². The number of rotatable bonds is 8. The average molecular weight is 438 g/mol. The predicted octanol–water partition coefficient (Wildman–Crippen LogP) is 4.16. The molecule has 28 heavy (non-hydrogen) atoms. The van der Waals surface area contributed by atoms with Crippen molar-refractivity contribution < 1.29 is 18.7 Å². The normalized spacial score (nSPS) is 12.0. The van der Waals surface area contributed by atoms with Crippen molar-refractivity contribution in [2.24, 2.45) is 0 Å². The molecule has 3 rings (SSSR count). The van der Waals surface area contributed by atoms with Crippen molar-refractivity contribution in [3.8, 4) is 11.5 Å². The van der Waals surface area contributed by atoms with Crippen LogP contribution in [0.15, 0.2) is 39.3 Å². The smallest absolute Gasteiger partial charge is 0.323 e. The molecule has 2 heterocycles. The standard InChI is InChI=1S/C18H16ClN3O4S2/c1-3-25-17(24)14(16-20-10(2)8-27-16)13(23)9-28-18-22-21-15(26-18)11-4-6-12(19)7-5-11/h4-8,14H,3,9H2,1-2H3/t14-/m0/s1. The molecule has 0 saturated carbocycles. The molecule has 0 radical (unpaired) electrons. The van der Waals surface area contributed by atoms with Gasteiger partial charge in [-0.2, -0.15) is 0 Å². The van der Waals surface area contributed by atoms with Crippen molar-refractivity contribution in [1.29, 1.82) is 0 Å². The van der Waals surface area contributed by atoms with Gasteiger partial charge in [0.25, 0.3) is 5.22 Å². The number of Topliss-reactive ketones (excluding diaryl/α,β-unsaturated/α-hetero) is 1. The Morgan fingerprint density at radius 3 is 2.68 bits per heavy atom. The Balaban J connectivity index is 1.69. The van der Waals surface area contributed by atoms with Crippen molar-refractivity contribution >= 4 is 46.5 Å². The highest BCUT2D eigenvalue weighted by atomic mass is 35.5. The van der Waals surface area contributed by atoms with E-state index < -0.39 is 11.9 Å². The molecule has 0 bridgehead atoms. The number of nitrogens with zero attached hydrogens (tertiary/aromatic N) is 3. The molecule has 0 saturated heterocycles. The van der Waals surface area contributed by atoms with Gasteiger partial charge in [-0.3, -0.25) is 9.59 Å². The lowest BCUT2D eigenvalue weighted by molar-refractivity contribution is -0.147. The molecule has 3 aromatic rings. The third-order valence-electron chi connectivity index (χ3n) is 3.56. The lowest BCUT2D eigenvalue weighted by Crippen LogP contribution is -2.25. The molecule has 7 nitrogen and oxygen atoms in total. The molecule has 0 aliphatic rings. The summed E-state index contributed by atoms with van der Waals surface area (Å²) < 4.78 is 10.6. The van der Waals surface area contributed by atoms with Gasteiger partial charge in [-0.25, -0.2) is 4.98 Å². The summed E-state index contributed by atoms with van der Waals surface area (Å²) in [6.45, 7) is 3.68. The molecule has 0 fully saturated rings. The van der Waals surface area contributed by atoms with E-state index in [0.29, 0.717) is 15.9 Å². The SMILES string of the molecule is CCOC(=O)[C@@H](C(=O)CSc1nnc(-c2ccc(Cl)cc2)o1)c1nc(C)cs1. The first kappa shape index (κ1) is 20.5. The van der Waals surface area contributed by atoms with E-state index in [2.05, 4.69) is 15.2 Å². The summed E-state index contributed by atoms with van der Waals surface area (Å²) in [6, 6.07) is 6.96. The van der Waals surface area contributed by atoms with Crippen LogP contribution in [0.4, 0.5) is 0 Å². The van der Waals surface area contributed by atoms with E-state index in [4.69, 9.17) is 20.8 Å². The summed E-state index contributed by atoms with van der Waals surface area (Å²) in [7, 11) is 0. The van der Waals surface area contributed by atoms with Gasteiger partial charge in [0, 0.05) is 21.7 Å². The fourth-order valence-electron chi connectivity index (χ4n) is 2.29. The first-order valence-electron chi connectivity index (χ1n) is 8.31. The second-order valence-corrected chi connectivity index (χ2v) is 7.90. The quantitative estimate of drug-likeness (QED) is 0.294. The minimum atomic E-state index is -1.05. The number of ether oxygens (including phenoxy) is 1. The van der Waals surface area contributed by atoms with Crippen LogP contribution in [0, 0.1) is 6.92 Å². The Hall–Kier alpha value is -2.23. The van der Waals surface area contributed by atoms with Crippen LogP contribution < -0.4 is 0 Å². The van der Waals surface area contributed by atoms with Crippen LogP contribution in [-0.4, -0.2) is 39.3 Å². The highest BCUT2D eigenvalue weighted by Crippen LogP contribution is 2.28. The Morgan fingerprint density at radius 1 is 1.29 bits per heavy atom. The van der Waals surface area contributed by atoms with Crippen LogP contribution in [0.3, 0.4) is 0 Å². The molecule has 146 valence electrons. The Labute approximate surface area is 174 Å². The van der Waals surface area contributed by atoms with Crippen LogP contribution >= 0.6 is 34.7 Å². The van der Waals surface area contributed by atoms with Gasteiger partial charge in [0.05, 0.1) is 12.4 Å². The van der Waals surface area contributed by atoms with Crippen LogP contribution in [0.5, 0.6) is 0 Å². The fourth-order valence-corrected chi connectivity index (χ4v) is 3.99. The fraction of sp³-hybridized carbons (Fsp3) is 0.278. The molecular formula is C18H16ClN3O4S2. The summed E-state index contributed by atoms with van der Waals surface area (Å²) in [5.41, 5.74) is 1.47. The number of hydrogen-bond acceptors (Lipinski definition) is 9. The zero-order chi connectivity index (χ0) is 20.1. The van der Waals surface area contributed by atoms with Gasteiger partial charge in [-0.15, -0.1) is 21.5 Å². The van der Waals surface area contributed by atoms with E-state index in [9.17, 15) is 9.59 Å². The second-order valence-electron chi connectivity index (χ2n) is 5.65. The molecule has 10 heteroatoms. The van der Waals surface area contributed by atoms with Crippen LogP contribution in [0.2, 0.25) is 5.02 Å². The highest BCUT2D eigenvalue weighted by Gasteiger charge is 2.32. The van der Waals surface area contributed by atoms with Crippen molar-refractivity contribution in [2.75, 3.05) is 12.4 Å². The maximum absolute atomic E-state index is 12.7. The maximum Gasteiger partial charge on any atom is 0.323 e. The minimum absolute atomic E-state index is 0.0235. The number of halogens is 1. The van der Waals surface area contributed by atoms with Crippen LogP contribution in [0.1, 0.15) is 23.5 Å². The molecule has 0 N–H and O–H groups in total. The summed E-state index contributed by atoms with van der Waals surface area (Å²) >= 11 is 8.19. The van der Waals surface area contributed by atoms with Gasteiger partial charge < -0.3 is 9.15 Å². The second kappa shape index (κ2) is 9.31. The van der Waals surface area contributed by atoms with Crippen molar-refractivity contribution in [2.45, 2.75) is 25.0 Å². The first-order valence-corrected chi connectivity index (χ1v) is 10.6. The number of aryl methyl sites for hydroxylation is 1. The first-order chi connectivity index (χ1) is 13.5. The Kier molecular flexibility index (Phi) is 6.82. The number of aromatic nitrogens is 3. The Morgan fingerprint density at radius 2 is 2.04 bits per heavy atom. The molecule has 0 spiro atoms. The van der Waals surface area contributed by atoms with E-state index in [1.165, 1.54) is 11.3 Å². The summed E-state index contributed by atoms with van der Waals surface area (Å²) in [4.78, 5) is 29.2. The molecule has 0 aliphatic carbocycles. The van der Waals surface area contributed by atoms with E-state index in [0.717, 1.165) is 23.0 Å². The topological polar surface area (TPSA) is 95.2 Å². The zero-order valence-corrected chi connectivity index (χ0v) is 17.4. The molecule has 2 aromatic heterocycles. The maximum atomic E-state index is 12.7. The lowest BCUT2D eigenvalue weighted by Gasteiger charge is -2.11. The third-order valence-corrected chi connectivity index (χ3v) is 5.68. The van der Waals surface area contributed by atoms with Crippen LogP contribution in [-0.2, 0) is 14.3 Å². The summed E-state index contributed by atoms with van der Waals surface area (Å²) in [6.07, 6.45) is 0. The number of ketones is 1. The van der Waals surface area contributed by atoms with E-state index in [-0.39, 0.29) is 23.4 Å². The third kappa shape index (κ3) is 4.98. The predicted molar refractivity (Wildman–Crippen MR) is 107 cm³/mol. The average Bonchev–Trinajstić information content (AvgIpc) is 3.30. The molecule has 0 aliphatic heterocycles. The van der Waals surface area contributed by atoms with Crippen molar-refractivity contribution in [1.82, 2.24) is 15.2 Å². The summed E-state index contributed by atoms with van der Waals surface area (Å²) in [5.74, 6) is -1.68. The van der Waals surface area contributed by atoms with Crippen molar-refractivity contribution in [3.05, 3.63) is 45.4 Å². The van der Waals surface area contributed by atoms with Gasteiger partial charge in [0.15, 0.2) is 11.7 Å². The van der Waals surface area contributed by atoms with E-state index >= 15 is 0 Å². The van der Waals surface area contributed by atoms with E-state index in [1.54, 1.807) is 43.5 Å². The van der Waals surface area contributed by atoms with Crippen LogP contribution in [0.25, 0.3) is 11.5 Å². The largest absolute Gasteiger partial charge is 0.465 e. The summed E-state index contributed by atoms with van der Waals surface area (Å²) in [5, 5.41) is 11.0. The monoisotopic (exact) mass is 437 g/mol. The molecular weight excluding hydrogens is 422 g/mol. The zero-order valence-electron chi connectivity index (χ0n) is 15.0. The number of thioether (sulfide) groups is 1. The number of benzene rings is 1. The number of thiazole rings is 1. The van der Waals surface area contributed by atoms with Gasteiger partial charge >= 0.3 is 5.97 Å². The number of carbonyl (C=O) groups is 2. The van der Waals surface area contributed by atoms with Gasteiger partial charge in [-0.05, 0) is 38.1 Å². The van der Waals surface area contributed by atoms with Gasteiger partial charge in [-0.1, -0.05) is 23.4 Å². The molecule has 0 amide bonds. The Bertz CT molecular complexity index is 971.